The molecule has 156 valence electrons. The Bertz CT molecular complexity index is 1020. The molecule has 0 aromatic heterocycles. The molecule has 29 heavy (non-hydrogen) atoms. The van der Waals surface area contributed by atoms with Crippen molar-refractivity contribution in [2.24, 2.45) is 0 Å². The van der Waals surface area contributed by atoms with Crippen LogP contribution >= 0.6 is 0 Å². The largest absolute Gasteiger partial charge is 0.501 e. The molecule has 0 fully saturated rings. The maximum atomic E-state index is 13.5. The Balaban J connectivity index is 1.88. The van der Waals surface area contributed by atoms with Crippen molar-refractivity contribution >= 4 is 21.7 Å². The van der Waals surface area contributed by atoms with Gasteiger partial charge in [0.05, 0.1) is 4.90 Å². The minimum Gasteiger partial charge on any atom is -0.350 e. The van der Waals surface area contributed by atoms with E-state index >= 15 is 0 Å². The average Bonchev–Trinajstić information content (AvgIpc) is 2.66. The number of carbonyl (C=O) groups is 2. The van der Waals surface area contributed by atoms with Gasteiger partial charge in [0.2, 0.25) is 0 Å². The number of aryl methyl sites for hydroxylation is 1. The molecular weight excluding hydrogens is 416 g/mol. The van der Waals surface area contributed by atoms with Gasteiger partial charge in [-0.25, -0.2) is 12.8 Å². The van der Waals surface area contributed by atoms with Crippen molar-refractivity contribution in [1.29, 1.82) is 0 Å². The number of benzene rings is 2. The second-order valence-electron chi connectivity index (χ2n) is 5.95. The third-order valence-corrected chi connectivity index (χ3v) is 5.36. The van der Waals surface area contributed by atoms with Gasteiger partial charge in [0.1, 0.15) is 5.82 Å². The molecule has 0 aliphatic carbocycles. The van der Waals surface area contributed by atoms with Gasteiger partial charge in [-0.15, -0.1) is 0 Å². The zero-order valence-electron chi connectivity index (χ0n) is 15.0. The molecule has 0 bridgehead atoms. The highest BCUT2D eigenvalue weighted by molar-refractivity contribution is 7.92. The van der Waals surface area contributed by atoms with E-state index in [1.165, 1.54) is 12.1 Å². The van der Waals surface area contributed by atoms with Crippen LogP contribution in [-0.4, -0.2) is 38.8 Å². The molecule has 0 aliphatic rings. The van der Waals surface area contributed by atoms with Crippen molar-refractivity contribution in [3.8, 4) is 0 Å². The van der Waals surface area contributed by atoms with E-state index in [9.17, 15) is 35.6 Å². The number of sulfone groups is 1. The minimum atomic E-state index is -5.49. The maximum absolute atomic E-state index is 13.5. The second kappa shape index (κ2) is 8.60. The Kier molecular flexibility index (Phi) is 6.62. The van der Waals surface area contributed by atoms with Gasteiger partial charge in [-0.3, -0.25) is 9.59 Å². The van der Waals surface area contributed by atoms with Crippen LogP contribution in [0.15, 0.2) is 47.4 Å². The molecular formula is C18H16F4N2O4S. The Morgan fingerprint density at radius 2 is 1.38 bits per heavy atom. The van der Waals surface area contributed by atoms with Gasteiger partial charge in [-0.2, -0.15) is 13.2 Å². The van der Waals surface area contributed by atoms with Crippen LogP contribution in [0.1, 0.15) is 26.3 Å². The van der Waals surface area contributed by atoms with Crippen LogP contribution < -0.4 is 10.6 Å². The van der Waals surface area contributed by atoms with Crippen molar-refractivity contribution in [2.45, 2.75) is 17.3 Å². The summed E-state index contributed by atoms with van der Waals surface area (Å²) in [4.78, 5) is 22.9. The molecule has 0 saturated carbocycles. The van der Waals surface area contributed by atoms with Gasteiger partial charge in [0, 0.05) is 24.2 Å². The molecule has 2 aromatic carbocycles. The first-order valence-electron chi connectivity index (χ1n) is 8.17. The summed E-state index contributed by atoms with van der Waals surface area (Å²) in [6, 6.07) is 7.25. The van der Waals surface area contributed by atoms with Gasteiger partial charge in [-0.1, -0.05) is 6.07 Å². The van der Waals surface area contributed by atoms with Gasteiger partial charge in [-0.05, 0) is 48.9 Å². The summed E-state index contributed by atoms with van der Waals surface area (Å²) >= 11 is 0. The van der Waals surface area contributed by atoms with E-state index in [-0.39, 0.29) is 24.2 Å². The Morgan fingerprint density at radius 1 is 0.897 bits per heavy atom. The fourth-order valence-electron chi connectivity index (χ4n) is 2.21. The number of carbonyl (C=O) groups excluding carboxylic acids is 2. The lowest BCUT2D eigenvalue weighted by Gasteiger charge is -2.10. The molecule has 0 unspecified atom stereocenters. The molecule has 6 nitrogen and oxygen atoms in total. The molecule has 0 radical (unpaired) electrons. The third-order valence-electron chi connectivity index (χ3n) is 3.86. The van der Waals surface area contributed by atoms with E-state index < -0.39 is 37.9 Å². The molecule has 0 saturated heterocycles. The number of rotatable bonds is 6. The van der Waals surface area contributed by atoms with Gasteiger partial charge >= 0.3 is 5.51 Å². The van der Waals surface area contributed by atoms with Crippen LogP contribution in [0.4, 0.5) is 17.6 Å². The van der Waals surface area contributed by atoms with Crippen LogP contribution in [0.3, 0.4) is 0 Å². The quantitative estimate of drug-likeness (QED) is 0.542. The molecule has 0 aliphatic heterocycles. The number of hydrogen-bond acceptors (Lipinski definition) is 4. The minimum absolute atomic E-state index is 0.0124. The van der Waals surface area contributed by atoms with Crippen LogP contribution in [0.25, 0.3) is 0 Å². The van der Waals surface area contributed by atoms with E-state index in [1.54, 1.807) is 6.92 Å². The zero-order chi connectivity index (χ0) is 21.8. The smallest absolute Gasteiger partial charge is 0.350 e. The van der Waals surface area contributed by atoms with E-state index in [4.69, 9.17) is 0 Å². The molecule has 2 aromatic rings. The molecule has 2 rings (SSSR count). The monoisotopic (exact) mass is 432 g/mol. The number of halogens is 4. The predicted octanol–water partition coefficient (Wildman–Crippen LogP) is 2.59. The van der Waals surface area contributed by atoms with Crippen molar-refractivity contribution < 1.29 is 35.6 Å². The van der Waals surface area contributed by atoms with Crippen molar-refractivity contribution in [3.63, 3.8) is 0 Å². The van der Waals surface area contributed by atoms with Crippen LogP contribution in [0, 0.1) is 12.7 Å². The summed E-state index contributed by atoms with van der Waals surface area (Å²) in [5.74, 6) is -1.74. The lowest BCUT2D eigenvalue weighted by molar-refractivity contribution is -0.0436. The number of alkyl halides is 3. The summed E-state index contributed by atoms with van der Waals surface area (Å²) in [5.41, 5.74) is -4.99. The Labute approximate surface area is 163 Å². The standard InChI is InChI=1S/C18H16F4N2O4S/c1-11-2-3-13(10-15(11)19)17(26)24-9-8-23-16(25)12-4-6-14(7-5-12)29(27,28)18(20,21)22/h2-7,10H,8-9H2,1H3,(H,23,25)(H,24,26). The first kappa shape index (κ1) is 22.3. The highest BCUT2D eigenvalue weighted by atomic mass is 32.2. The molecule has 0 atom stereocenters. The fourth-order valence-corrected chi connectivity index (χ4v) is 2.97. The lowest BCUT2D eigenvalue weighted by atomic mass is 10.1. The Hall–Kier alpha value is -2.95. The highest BCUT2D eigenvalue weighted by Crippen LogP contribution is 2.30. The second-order valence-corrected chi connectivity index (χ2v) is 7.89. The normalized spacial score (nSPS) is 11.8. The number of hydrogen-bond donors (Lipinski definition) is 2. The first-order valence-corrected chi connectivity index (χ1v) is 9.66. The molecule has 0 spiro atoms. The van der Waals surface area contributed by atoms with Gasteiger partial charge in [0.15, 0.2) is 0 Å². The summed E-state index contributed by atoms with van der Waals surface area (Å²) in [6.45, 7) is 1.56. The van der Waals surface area contributed by atoms with Crippen LogP contribution in [-0.2, 0) is 9.84 Å². The third kappa shape index (κ3) is 5.31. The van der Waals surface area contributed by atoms with Crippen molar-refractivity contribution in [2.75, 3.05) is 13.1 Å². The lowest BCUT2D eigenvalue weighted by Crippen LogP contribution is -2.34. The van der Waals surface area contributed by atoms with Gasteiger partial charge in [0.25, 0.3) is 21.7 Å². The predicted molar refractivity (Wildman–Crippen MR) is 95.5 cm³/mol. The number of nitrogens with one attached hydrogen (secondary N) is 2. The topological polar surface area (TPSA) is 92.3 Å². The summed E-state index contributed by atoms with van der Waals surface area (Å²) in [5, 5.41) is 4.89. The summed E-state index contributed by atoms with van der Waals surface area (Å²) in [6.07, 6.45) is 0. The van der Waals surface area contributed by atoms with E-state index in [0.717, 1.165) is 18.2 Å². The van der Waals surface area contributed by atoms with E-state index in [2.05, 4.69) is 10.6 Å². The van der Waals surface area contributed by atoms with E-state index in [1.807, 2.05) is 0 Å². The average molecular weight is 432 g/mol. The zero-order valence-corrected chi connectivity index (χ0v) is 15.8. The van der Waals surface area contributed by atoms with Crippen LogP contribution in [0.5, 0.6) is 0 Å². The van der Waals surface area contributed by atoms with Gasteiger partial charge < -0.3 is 10.6 Å². The Morgan fingerprint density at radius 3 is 1.86 bits per heavy atom. The van der Waals surface area contributed by atoms with Crippen molar-refractivity contribution in [1.82, 2.24) is 10.6 Å². The maximum Gasteiger partial charge on any atom is 0.501 e. The van der Waals surface area contributed by atoms with Crippen molar-refractivity contribution in [3.05, 3.63) is 65.0 Å². The van der Waals surface area contributed by atoms with Crippen LogP contribution in [0.2, 0.25) is 0 Å². The number of amides is 2. The van der Waals surface area contributed by atoms with E-state index in [0.29, 0.717) is 17.7 Å². The molecule has 2 amide bonds. The molecule has 0 heterocycles. The molecule has 11 heteroatoms. The fraction of sp³-hybridized carbons (Fsp3) is 0.222. The SMILES string of the molecule is Cc1ccc(C(=O)NCCNC(=O)c2ccc(S(=O)(=O)C(F)(F)F)cc2)cc1F. The molecule has 2 N–H and O–H groups in total. The first-order chi connectivity index (χ1) is 13.4. The highest BCUT2D eigenvalue weighted by Gasteiger charge is 2.46. The summed E-state index contributed by atoms with van der Waals surface area (Å²) < 4.78 is 73.5. The summed E-state index contributed by atoms with van der Waals surface area (Å²) in [7, 11) is -5.49.